The Morgan fingerprint density at radius 2 is 2.00 bits per heavy atom. The Morgan fingerprint density at radius 1 is 1.19 bits per heavy atom. The van der Waals surface area contributed by atoms with Crippen LogP contribution >= 0.6 is 0 Å². The van der Waals surface area contributed by atoms with Gasteiger partial charge in [-0.2, -0.15) is 0 Å². The highest BCUT2D eigenvalue weighted by Gasteiger charge is 2.26. The fourth-order valence-electron chi connectivity index (χ4n) is 3.65. The number of hydrogen-bond acceptors (Lipinski definition) is 4. The SMILES string of the molecule is CN(C(=O)Cc1ccc(-n2cnnn2)cc1)[C@@H]1CCCc2ccccc21. The van der Waals surface area contributed by atoms with Crippen LogP contribution in [0.2, 0.25) is 0 Å². The standard InChI is InChI=1S/C20H21N5O/c1-24(19-8-4-6-16-5-2-3-7-18(16)19)20(26)13-15-9-11-17(12-10-15)25-14-21-22-23-25/h2-3,5,7,9-12,14,19H,4,6,8,13H2,1H3/t19-/m1/s1. The summed E-state index contributed by atoms with van der Waals surface area (Å²) in [6.07, 6.45) is 5.20. The first-order valence-corrected chi connectivity index (χ1v) is 8.88. The Hall–Kier alpha value is -3.02. The molecule has 0 spiro atoms. The number of likely N-dealkylation sites (N-methyl/N-ethyl adjacent to an activating group) is 1. The minimum Gasteiger partial charge on any atom is -0.338 e. The van der Waals surface area contributed by atoms with E-state index in [2.05, 4.69) is 39.8 Å². The van der Waals surface area contributed by atoms with Crippen LogP contribution in [0, 0.1) is 0 Å². The predicted octanol–water partition coefficient (Wildman–Crippen LogP) is 2.74. The number of aryl methyl sites for hydroxylation is 1. The number of fused-ring (bicyclic) bond motifs is 1. The average Bonchev–Trinajstić information content (AvgIpc) is 3.22. The van der Waals surface area contributed by atoms with Gasteiger partial charge in [-0.3, -0.25) is 4.79 Å². The van der Waals surface area contributed by atoms with Gasteiger partial charge < -0.3 is 4.90 Å². The number of rotatable bonds is 4. The molecule has 2 aromatic carbocycles. The largest absolute Gasteiger partial charge is 0.338 e. The van der Waals surface area contributed by atoms with Crippen LogP contribution < -0.4 is 0 Å². The van der Waals surface area contributed by atoms with Gasteiger partial charge in [0.15, 0.2) is 0 Å². The van der Waals surface area contributed by atoms with Crippen molar-refractivity contribution in [2.75, 3.05) is 7.05 Å². The summed E-state index contributed by atoms with van der Waals surface area (Å²) in [5.41, 5.74) is 4.53. The molecule has 6 heteroatoms. The van der Waals surface area contributed by atoms with E-state index in [1.54, 1.807) is 11.0 Å². The number of amides is 1. The van der Waals surface area contributed by atoms with E-state index in [-0.39, 0.29) is 11.9 Å². The molecule has 1 aliphatic carbocycles. The number of aromatic nitrogens is 4. The lowest BCUT2D eigenvalue weighted by Gasteiger charge is -2.33. The van der Waals surface area contributed by atoms with Crippen molar-refractivity contribution in [3.8, 4) is 5.69 Å². The maximum absolute atomic E-state index is 12.8. The van der Waals surface area contributed by atoms with Crippen molar-refractivity contribution < 1.29 is 4.79 Å². The molecular formula is C20H21N5O. The molecule has 0 radical (unpaired) electrons. The summed E-state index contributed by atoms with van der Waals surface area (Å²) < 4.78 is 1.59. The molecule has 3 aromatic rings. The quantitative estimate of drug-likeness (QED) is 0.728. The van der Waals surface area contributed by atoms with Gasteiger partial charge >= 0.3 is 0 Å². The molecule has 0 aliphatic heterocycles. The first-order chi connectivity index (χ1) is 12.7. The van der Waals surface area contributed by atoms with E-state index in [1.807, 2.05) is 36.2 Å². The molecule has 4 rings (SSSR count). The summed E-state index contributed by atoms with van der Waals surface area (Å²) in [6, 6.07) is 16.4. The highest BCUT2D eigenvalue weighted by Crippen LogP contribution is 2.33. The molecule has 1 amide bonds. The zero-order chi connectivity index (χ0) is 17.9. The van der Waals surface area contributed by atoms with E-state index in [0.717, 1.165) is 30.5 Å². The first-order valence-electron chi connectivity index (χ1n) is 8.88. The molecule has 132 valence electrons. The van der Waals surface area contributed by atoms with Crippen LogP contribution in [0.1, 0.15) is 35.6 Å². The Bertz CT molecular complexity index is 889. The van der Waals surface area contributed by atoms with Crippen LogP contribution in [0.4, 0.5) is 0 Å². The Kier molecular flexibility index (Phi) is 4.48. The van der Waals surface area contributed by atoms with Gasteiger partial charge in [-0.1, -0.05) is 36.4 Å². The van der Waals surface area contributed by atoms with E-state index < -0.39 is 0 Å². The summed E-state index contributed by atoms with van der Waals surface area (Å²) in [5.74, 6) is 0.141. The maximum Gasteiger partial charge on any atom is 0.227 e. The van der Waals surface area contributed by atoms with Crippen LogP contribution in [-0.2, 0) is 17.6 Å². The van der Waals surface area contributed by atoms with Crippen molar-refractivity contribution in [2.45, 2.75) is 31.7 Å². The van der Waals surface area contributed by atoms with E-state index in [0.29, 0.717) is 6.42 Å². The molecule has 1 aromatic heterocycles. The zero-order valence-electron chi connectivity index (χ0n) is 14.7. The summed E-state index contributed by atoms with van der Waals surface area (Å²) in [4.78, 5) is 14.7. The molecule has 26 heavy (non-hydrogen) atoms. The van der Waals surface area contributed by atoms with Gasteiger partial charge in [-0.15, -0.1) is 5.10 Å². The van der Waals surface area contributed by atoms with Crippen molar-refractivity contribution in [1.82, 2.24) is 25.1 Å². The van der Waals surface area contributed by atoms with Crippen molar-refractivity contribution >= 4 is 5.91 Å². The van der Waals surface area contributed by atoms with Gasteiger partial charge in [0.1, 0.15) is 6.33 Å². The molecule has 6 nitrogen and oxygen atoms in total. The summed E-state index contributed by atoms with van der Waals surface area (Å²) in [6.45, 7) is 0. The van der Waals surface area contributed by atoms with Gasteiger partial charge in [0.25, 0.3) is 0 Å². The average molecular weight is 347 g/mol. The van der Waals surface area contributed by atoms with E-state index in [1.165, 1.54) is 11.1 Å². The molecule has 0 bridgehead atoms. The van der Waals surface area contributed by atoms with Gasteiger partial charge in [0, 0.05) is 7.05 Å². The van der Waals surface area contributed by atoms with Crippen molar-refractivity contribution in [3.05, 3.63) is 71.5 Å². The molecule has 0 saturated heterocycles. The number of tetrazole rings is 1. The first kappa shape index (κ1) is 16.4. The molecule has 1 heterocycles. The van der Waals surface area contributed by atoms with E-state index >= 15 is 0 Å². The summed E-state index contributed by atoms with van der Waals surface area (Å²) in [5, 5.41) is 11.1. The predicted molar refractivity (Wildman–Crippen MR) is 97.7 cm³/mol. The Balaban J connectivity index is 1.47. The second kappa shape index (κ2) is 7.07. The lowest BCUT2D eigenvalue weighted by molar-refractivity contribution is -0.131. The van der Waals surface area contributed by atoms with Crippen LogP contribution in [0.15, 0.2) is 54.9 Å². The third kappa shape index (κ3) is 3.22. The summed E-state index contributed by atoms with van der Waals surface area (Å²) >= 11 is 0. The van der Waals surface area contributed by atoms with Crippen LogP contribution in [0.5, 0.6) is 0 Å². The van der Waals surface area contributed by atoms with E-state index in [4.69, 9.17) is 0 Å². The zero-order valence-corrected chi connectivity index (χ0v) is 14.7. The lowest BCUT2D eigenvalue weighted by atomic mass is 9.87. The molecule has 0 fully saturated rings. The molecule has 1 atom stereocenters. The second-order valence-electron chi connectivity index (χ2n) is 6.71. The number of hydrogen-bond donors (Lipinski definition) is 0. The Labute approximate surface area is 152 Å². The van der Waals surface area contributed by atoms with Gasteiger partial charge in [-0.05, 0) is 58.5 Å². The lowest BCUT2D eigenvalue weighted by Crippen LogP contribution is -2.34. The maximum atomic E-state index is 12.8. The fraction of sp³-hybridized carbons (Fsp3) is 0.300. The number of nitrogens with zero attached hydrogens (tertiary/aromatic N) is 5. The van der Waals surface area contributed by atoms with Crippen LogP contribution in [-0.4, -0.2) is 38.1 Å². The van der Waals surface area contributed by atoms with Gasteiger partial charge in [0.2, 0.25) is 5.91 Å². The number of benzene rings is 2. The third-order valence-corrected chi connectivity index (χ3v) is 5.10. The molecular weight excluding hydrogens is 326 g/mol. The normalized spacial score (nSPS) is 16.1. The minimum atomic E-state index is 0.141. The van der Waals surface area contributed by atoms with Crippen molar-refractivity contribution in [2.24, 2.45) is 0 Å². The molecule has 0 unspecified atom stereocenters. The van der Waals surface area contributed by atoms with Crippen molar-refractivity contribution in [3.63, 3.8) is 0 Å². The Morgan fingerprint density at radius 3 is 2.77 bits per heavy atom. The topological polar surface area (TPSA) is 63.9 Å². The molecule has 1 aliphatic rings. The summed E-state index contributed by atoms with van der Waals surface area (Å²) in [7, 11) is 1.92. The molecule has 0 saturated carbocycles. The van der Waals surface area contributed by atoms with Crippen LogP contribution in [0.25, 0.3) is 5.69 Å². The number of carbonyl (C=O) groups excluding carboxylic acids is 1. The van der Waals surface area contributed by atoms with Crippen molar-refractivity contribution in [1.29, 1.82) is 0 Å². The van der Waals surface area contributed by atoms with Crippen LogP contribution in [0.3, 0.4) is 0 Å². The fourth-order valence-corrected chi connectivity index (χ4v) is 3.65. The molecule has 0 N–H and O–H groups in total. The monoisotopic (exact) mass is 347 g/mol. The number of carbonyl (C=O) groups is 1. The second-order valence-corrected chi connectivity index (χ2v) is 6.71. The van der Waals surface area contributed by atoms with Gasteiger partial charge in [-0.25, -0.2) is 4.68 Å². The minimum absolute atomic E-state index is 0.141. The third-order valence-electron chi connectivity index (χ3n) is 5.10. The van der Waals surface area contributed by atoms with E-state index in [9.17, 15) is 4.79 Å². The van der Waals surface area contributed by atoms with Gasteiger partial charge in [0.05, 0.1) is 18.2 Å². The highest BCUT2D eigenvalue weighted by molar-refractivity contribution is 5.79. The highest BCUT2D eigenvalue weighted by atomic mass is 16.2. The smallest absolute Gasteiger partial charge is 0.227 e.